The minimum absolute atomic E-state index is 0.0785. The molecule has 10 heteroatoms. The van der Waals surface area contributed by atoms with Crippen LogP contribution >= 0.6 is 0 Å². The van der Waals surface area contributed by atoms with E-state index >= 15 is 0 Å². The normalized spacial score (nSPS) is 16.7. The molecule has 4 rings (SSSR count). The number of para-hydroxylation sites is 1. The second-order valence-electron chi connectivity index (χ2n) is 8.50. The molecule has 0 saturated carbocycles. The van der Waals surface area contributed by atoms with Crippen molar-refractivity contribution in [1.29, 1.82) is 0 Å². The zero-order valence-electron chi connectivity index (χ0n) is 18.1. The number of nitrogens with zero attached hydrogens (tertiary/aromatic N) is 5. The molecule has 1 aromatic carbocycles. The monoisotopic (exact) mass is 445 g/mol. The topological polar surface area (TPSA) is 109 Å². The smallest absolute Gasteiger partial charge is 0.252 e. The second kappa shape index (κ2) is 8.18. The van der Waals surface area contributed by atoms with Crippen LogP contribution in [-0.4, -0.2) is 52.6 Å². The molecule has 1 aliphatic rings. The molecule has 31 heavy (non-hydrogen) atoms. The van der Waals surface area contributed by atoms with Crippen molar-refractivity contribution in [2.24, 2.45) is 0 Å². The van der Waals surface area contributed by atoms with Crippen LogP contribution in [0.25, 0.3) is 5.65 Å². The van der Waals surface area contributed by atoms with Crippen molar-refractivity contribution in [1.82, 2.24) is 24.2 Å². The van der Waals surface area contributed by atoms with Crippen molar-refractivity contribution in [3.8, 4) is 0 Å². The molecule has 0 amide bonds. The average Bonchev–Trinajstić information content (AvgIpc) is 3.17. The Hall–Kier alpha value is -2.56. The number of hydrogen-bond acceptors (Lipinski definition) is 7. The number of nitrogens with one attached hydrogen (secondary N) is 1. The number of benzene rings is 1. The number of sulfone groups is 1. The van der Waals surface area contributed by atoms with E-state index in [0.717, 1.165) is 42.3 Å². The van der Waals surface area contributed by atoms with Gasteiger partial charge in [0.1, 0.15) is 13.1 Å². The Kier molecular flexibility index (Phi) is 5.71. The van der Waals surface area contributed by atoms with Gasteiger partial charge in [-0.15, -0.1) is 0 Å². The third kappa shape index (κ3) is 4.28. The van der Waals surface area contributed by atoms with Gasteiger partial charge in [-0.1, -0.05) is 32.0 Å². The maximum absolute atomic E-state index is 12.2. The summed E-state index contributed by atoms with van der Waals surface area (Å²) in [7, 11) is -3.60. The summed E-state index contributed by atoms with van der Waals surface area (Å²) in [5.41, 5.74) is 3.11. The average molecular weight is 446 g/mol. The third-order valence-electron chi connectivity index (χ3n) is 5.76. The highest BCUT2D eigenvalue weighted by molar-refractivity contribution is 7.90. The largest absolute Gasteiger partial charge is 0.350 e. The molecule has 1 saturated heterocycles. The number of anilines is 1. The molecule has 3 aromatic rings. The Morgan fingerprint density at radius 1 is 1.16 bits per heavy atom. The van der Waals surface area contributed by atoms with Crippen LogP contribution in [0.1, 0.15) is 50.2 Å². The van der Waals surface area contributed by atoms with Gasteiger partial charge in [0.05, 0.1) is 6.20 Å². The van der Waals surface area contributed by atoms with Crippen LogP contribution in [0.3, 0.4) is 0 Å². The minimum Gasteiger partial charge on any atom is -0.350 e. The number of rotatable bonds is 6. The first-order valence-corrected chi connectivity index (χ1v) is 12.5. The molecule has 1 fully saturated rings. The number of quaternary nitrogens is 1. The van der Waals surface area contributed by atoms with E-state index in [9.17, 15) is 13.6 Å². The highest BCUT2D eigenvalue weighted by atomic mass is 32.2. The fourth-order valence-electron chi connectivity index (χ4n) is 4.08. The predicted octanol–water partition coefficient (Wildman–Crippen LogP) is 3.14. The van der Waals surface area contributed by atoms with Gasteiger partial charge < -0.3 is 5.32 Å². The van der Waals surface area contributed by atoms with E-state index in [0.29, 0.717) is 31.2 Å². The highest BCUT2D eigenvalue weighted by Crippen LogP contribution is 2.30. The van der Waals surface area contributed by atoms with Crippen molar-refractivity contribution in [2.75, 3.05) is 24.7 Å². The Morgan fingerprint density at radius 3 is 2.55 bits per heavy atom. The molecule has 166 valence electrons. The molecule has 0 unspecified atom stereocenters. The van der Waals surface area contributed by atoms with Crippen molar-refractivity contribution in [3.63, 3.8) is 0 Å². The van der Waals surface area contributed by atoms with Gasteiger partial charge in [0.15, 0.2) is 11.3 Å². The first kappa shape index (κ1) is 21.7. The van der Waals surface area contributed by atoms with Gasteiger partial charge in [0.2, 0.25) is 15.8 Å². The SMILES string of the molecule is CC(C)c1cnn2c(NCc3ccccc3[N+]3(O)CCCCC3)nc(S(C)(=O)=O)nc12. The number of piperidine rings is 1. The molecule has 2 aromatic heterocycles. The van der Waals surface area contributed by atoms with Crippen LogP contribution in [-0.2, 0) is 16.4 Å². The quantitative estimate of drug-likeness (QED) is 0.561. The fraction of sp³-hybridized carbons (Fsp3) is 0.476. The fourth-order valence-corrected chi connectivity index (χ4v) is 4.58. The Morgan fingerprint density at radius 2 is 1.87 bits per heavy atom. The van der Waals surface area contributed by atoms with Crippen LogP contribution in [0.2, 0.25) is 0 Å². The van der Waals surface area contributed by atoms with Crippen LogP contribution < -0.4 is 9.96 Å². The van der Waals surface area contributed by atoms with Crippen molar-refractivity contribution in [3.05, 3.63) is 41.6 Å². The maximum Gasteiger partial charge on any atom is 0.252 e. The maximum atomic E-state index is 12.2. The zero-order chi connectivity index (χ0) is 22.2. The number of hydrogen-bond donors (Lipinski definition) is 2. The van der Waals surface area contributed by atoms with Gasteiger partial charge in [0.25, 0.3) is 5.16 Å². The van der Waals surface area contributed by atoms with Gasteiger partial charge in [-0.25, -0.2) is 13.6 Å². The lowest BCUT2D eigenvalue weighted by molar-refractivity contribution is -0.0928. The van der Waals surface area contributed by atoms with Gasteiger partial charge in [0, 0.05) is 42.8 Å². The lowest BCUT2D eigenvalue weighted by Crippen LogP contribution is -2.50. The zero-order valence-corrected chi connectivity index (χ0v) is 18.9. The third-order valence-corrected chi connectivity index (χ3v) is 6.61. The second-order valence-corrected chi connectivity index (χ2v) is 10.4. The van der Waals surface area contributed by atoms with E-state index < -0.39 is 9.84 Å². The summed E-state index contributed by atoms with van der Waals surface area (Å²) in [6.07, 6.45) is 5.88. The highest BCUT2D eigenvalue weighted by Gasteiger charge is 2.33. The molecule has 0 atom stereocenters. The summed E-state index contributed by atoms with van der Waals surface area (Å²) in [5, 5.41) is 18.6. The molecule has 2 N–H and O–H groups in total. The molecule has 3 heterocycles. The van der Waals surface area contributed by atoms with E-state index in [1.165, 1.54) is 4.52 Å². The van der Waals surface area contributed by atoms with Crippen molar-refractivity contribution >= 4 is 27.1 Å². The predicted molar refractivity (Wildman–Crippen MR) is 119 cm³/mol. The van der Waals surface area contributed by atoms with E-state index in [1.807, 2.05) is 38.1 Å². The summed E-state index contributed by atoms with van der Waals surface area (Å²) >= 11 is 0. The summed E-state index contributed by atoms with van der Waals surface area (Å²) in [5.74, 6) is 0.432. The molecule has 0 spiro atoms. The number of fused-ring (bicyclic) bond motifs is 1. The Labute approximate surface area is 182 Å². The van der Waals surface area contributed by atoms with E-state index in [-0.39, 0.29) is 15.7 Å². The van der Waals surface area contributed by atoms with E-state index in [1.54, 1.807) is 6.20 Å². The van der Waals surface area contributed by atoms with Crippen molar-refractivity contribution in [2.45, 2.75) is 50.7 Å². The molecule has 0 bridgehead atoms. The van der Waals surface area contributed by atoms with E-state index in [4.69, 9.17) is 0 Å². The lowest BCUT2D eigenvalue weighted by Gasteiger charge is -2.34. The van der Waals surface area contributed by atoms with Crippen LogP contribution in [0.5, 0.6) is 0 Å². The van der Waals surface area contributed by atoms with Gasteiger partial charge in [-0.05, 0) is 12.3 Å². The van der Waals surface area contributed by atoms with Gasteiger partial charge in [-0.2, -0.15) is 24.2 Å². The molecule has 0 radical (unpaired) electrons. The van der Waals surface area contributed by atoms with Gasteiger partial charge >= 0.3 is 0 Å². The van der Waals surface area contributed by atoms with Crippen LogP contribution in [0.4, 0.5) is 11.6 Å². The van der Waals surface area contributed by atoms with Crippen molar-refractivity contribution < 1.29 is 13.6 Å². The Balaban J connectivity index is 1.72. The van der Waals surface area contributed by atoms with Gasteiger partial charge in [-0.3, -0.25) is 0 Å². The summed E-state index contributed by atoms with van der Waals surface area (Å²) in [6.45, 7) is 5.74. The molecule has 9 nitrogen and oxygen atoms in total. The summed E-state index contributed by atoms with van der Waals surface area (Å²) in [6, 6.07) is 7.77. The first-order chi connectivity index (χ1) is 14.7. The minimum atomic E-state index is -3.60. The first-order valence-electron chi connectivity index (χ1n) is 10.6. The lowest BCUT2D eigenvalue weighted by atomic mass is 10.1. The number of aromatic nitrogens is 4. The molecular weight excluding hydrogens is 416 g/mol. The summed E-state index contributed by atoms with van der Waals surface area (Å²) < 4.78 is 25.8. The molecule has 1 aliphatic heterocycles. The van der Waals surface area contributed by atoms with Crippen LogP contribution in [0, 0.1) is 0 Å². The standard InChI is InChI=1S/C21H29N6O3S/c1-15(2)17-14-23-26-19(17)24-21(31(3,29)30)25-20(26)22-13-16-9-5-6-10-18(16)27(28)11-7-4-8-12-27/h5-6,9-10,14-15,28H,4,7-8,11-13H2,1-3H3,(H,22,24,25)/q+1. The molecule has 0 aliphatic carbocycles. The summed E-state index contributed by atoms with van der Waals surface area (Å²) in [4.78, 5) is 8.51. The molecular formula is C21H29N6O3S+. The Bertz CT molecular complexity index is 1200. The number of hydroxylamine groups is 2. The van der Waals surface area contributed by atoms with Crippen LogP contribution in [0.15, 0.2) is 35.6 Å². The van der Waals surface area contributed by atoms with E-state index in [2.05, 4.69) is 20.4 Å².